The van der Waals surface area contributed by atoms with Gasteiger partial charge in [-0.3, -0.25) is 0 Å². The second kappa shape index (κ2) is 11.8. The minimum absolute atomic E-state index is 0. The van der Waals surface area contributed by atoms with Crippen molar-refractivity contribution in [3.63, 3.8) is 0 Å². The van der Waals surface area contributed by atoms with Crippen LogP contribution < -0.4 is 19.5 Å². The lowest BCUT2D eigenvalue weighted by atomic mass is 10.1. The summed E-state index contributed by atoms with van der Waals surface area (Å²) in [6, 6.07) is 3.80. The quantitative estimate of drug-likeness (QED) is 0.282. The Morgan fingerprint density at radius 1 is 1.19 bits per heavy atom. The van der Waals surface area contributed by atoms with E-state index < -0.39 is 0 Å². The summed E-state index contributed by atoms with van der Waals surface area (Å²) >= 11 is 0. The fourth-order valence-electron chi connectivity index (χ4n) is 2.65. The highest BCUT2D eigenvalue weighted by atomic mass is 127. The summed E-state index contributed by atoms with van der Waals surface area (Å²) in [6.45, 7) is 7.89. The molecule has 1 fully saturated rings. The molecule has 0 saturated carbocycles. The number of guanidine groups is 1. The smallest absolute Gasteiger partial charge is 0.203 e. The molecule has 1 aliphatic heterocycles. The minimum Gasteiger partial charge on any atom is -0.493 e. The molecule has 0 radical (unpaired) electrons. The van der Waals surface area contributed by atoms with Crippen molar-refractivity contribution in [3.8, 4) is 17.2 Å². The Labute approximate surface area is 172 Å². The molecule has 1 heterocycles. The van der Waals surface area contributed by atoms with Crippen molar-refractivity contribution in [3.05, 3.63) is 30.4 Å². The van der Waals surface area contributed by atoms with Crippen LogP contribution in [0.2, 0.25) is 0 Å². The van der Waals surface area contributed by atoms with E-state index in [1.165, 1.54) is 0 Å². The molecule has 0 atom stereocenters. The molecule has 0 bridgehead atoms. The molecule has 0 amide bonds. The van der Waals surface area contributed by atoms with E-state index in [4.69, 9.17) is 23.9 Å². The van der Waals surface area contributed by atoms with Crippen LogP contribution in [0, 0.1) is 0 Å². The maximum absolute atomic E-state index is 5.52. The van der Waals surface area contributed by atoms with Crippen LogP contribution in [0.4, 0.5) is 0 Å². The number of hydrogen-bond donors (Lipinski definition) is 1. The first kappa shape index (κ1) is 22.4. The monoisotopic (exact) mass is 477 g/mol. The van der Waals surface area contributed by atoms with Crippen molar-refractivity contribution in [2.75, 3.05) is 54.2 Å². The van der Waals surface area contributed by atoms with Crippen LogP contribution in [0.5, 0.6) is 17.2 Å². The largest absolute Gasteiger partial charge is 0.493 e. The molecule has 1 aromatic carbocycles. The van der Waals surface area contributed by atoms with E-state index in [1.807, 2.05) is 18.2 Å². The number of halogens is 1. The predicted octanol–water partition coefficient (Wildman–Crippen LogP) is 2.29. The fraction of sp³-hybridized carbons (Fsp3) is 0.500. The van der Waals surface area contributed by atoms with Gasteiger partial charge in [-0.25, -0.2) is 4.99 Å². The van der Waals surface area contributed by atoms with E-state index >= 15 is 0 Å². The third-order valence-electron chi connectivity index (χ3n) is 3.90. The van der Waals surface area contributed by atoms with Crippen LogP contribution in [-0.4, -0.2) is 65.0 Å². The minimum atomic E-state index is 0. The zero-order valence-corrected chi connectivity index (χ0v) is 17.9. The first-order valence-corrected chi connectivity index (χ1v) is 8.24. The number of benzene rings is 1. The first-order chi connectivity index (χ1) is 12.2. The molecule has 1 N–H and O–H groups in total. The molecule has 0 aliphatic carbocycles. The third-order valence-corrected chi connectivity index (χ3v) is 3.90. The topological polar surface area (TPSA) is 64.6 Å². The Morgan fingerprint density at radius 2 is 1.88 bits per heavy atom. The molecule has 0 unspecified atom stereocenters. The van der Waals surface area contributed by atoms with Gasteiger partial charge < -0.3 is 29.2 Å². The van der Waals surface area contributed by atoms with E-state index in [0.717, 1.165) is 24.6 Å². The van der Waals surface area contributed by atoms with Crippen molar-refractivity contribution < 1.29 is 18.9 Å². The lowest BCUT2D eigenvalue weighted by Gasteiger charge is -2.30. The van der Waals surface area contributed by atoms with Gasteiger partial charge in [0.05, 0.1) is 41.1 Å². The van der Waals surface area contributed by atoms with Gasteiger partial charge in [-0.05, 0) is 12.1 Å². The highest BCUT2D eigenvalue weighted by Crippen LogP contribution is 2.39. The zero-order chi connectivity index (χ0) is 18.1. The first-order valence-electron chi connectivity index (χ1n) is 8.24. The van der Waals surface area contributed by atoms with E-state index in [1.54, 1.807) is 21.3 Å². The lowest BCUT2D eigenvalue weighted by Crippen LogP contribution is -2.47. The van der Waals surface area contributed by atoms with Gasteiger partial charge in [-0.15, -0.1) is 30.6 Å². The van der Waals surface area contributed by atoms with E-state index in [0.29, 0.717) is 43.6 Å². The normalized spacial score (nSPS) is 14.3. The van der Waals surface area contributed by atoms with Crippen LogP contribution in [0.3, 0.4) is 0 Å². The van der Waals surface area contributed by atoms with E-state index in [2.05, 4.69) is 16.8 Å². The number of hydrogen-bond acceptors (Lipinski definition) is 5. The molecule has 146 valence electrons. The van der Waals surface area contributed by atoms with E-state index in [-0.39, 0.29) is 24.0 Å². The Morgan fingerprint density at radius 3 is 2.46 bits per heavy atom. The zero-order valence-electron chi connectivity index (χ0n) is 15.6. The third kappa shape index (κ3) is 5.66. The van der Waals surface area contributed by atoms with E-state index in [9.17, 15) is 0 Å². The van der Waals surface area contributed by atoms with Crippen LogP contribution in [0.1, 0.15) is 5.56 Å². The average Bonchev–Trinajstić information content (AvgIpc) is 2.67. The number of ether oxygens (including phenoxy) is 4. The van der Waals surface area contributed by atoms with Gasteiger partial charge in [-0.1, -0.05) is 6.08 Å². The summed E-state index contributed by atoms with van der Waals surface area (Å²) in [7, 11) is 4.81. The molecule has 7 nitrogen and oxygen atoms in total. The standard InChI is InChI=1S/C18H27N3O4.HI/c1-5-8-19-18(21-9-11-25-12-10-21)20-13-14-6-7-15(22-2)17(24-4)16(14)23-3;/h5-7H,1,8-13H2,2-4H3,(H,19,20);1H. The number of nitrogens with zero attached hydrogens (tertiary/aromatic N) is 2. The molecule has 1 saturated heterocycles. The van der Waals surface area contributed by atoms with Gasteiger partial charge in [-0.2, -0.15) is 0 Å². The van der Waals surface area contributed by atoms with Crippen molar-refractivity contribution in [2.24, 2.45) is 4.99 Å². The Hall–Kier alpha value is -1.68. The fourth-order valence-corrected chi connectivity index (χ4v) is 2.65. The summed E-state index contributed by atoms with van der Waals surface area (Å²) in [6.07, 6.45) is 1.81. The highest BCUT2D eigenvalue weighted by Gasteiger charge is 2.17. The SMILES string of the molecule is C=CCNC(=NCc1ccc(OC)c(OC)c1OC)N1CCOCC1.I. The summed E-state index contributed by atoms with van der Waals surface area (Å²) in [4.78, 5) is 6.93. The lowest BCUT2D eigenvalue weighted by molar-refractivity contribution is 0.0665. The second-order valence-corrected chi connectivity index (χ2v) is 5.40. The maximum atomic E-state index is 5.52. The van der Waals surface area contributed by atoms with Crippen molar-refractivity contribution >= 4 is 29.9 Å². The average molecular weight is 477 g/mol. The molecule has 8 heteroatoms. The number of rotatable bonds is 7. The summed E-state index contributed by atoms with van der Waals surface area (Å²) in [5.74, 6) is 2.67. The van der Waals surface area contributed by atoms with Gasteiger partial charge in [0.1, 0.15) is 0 Å². The number of methoxy groups -OCH3 is 3. The molecule has 0 aromatic heterocycles. The summed E-state index contributed by atoms with van der Waals surface area (Å²) < 4.78 is 21.7. The Bertz CT molecular complexity index is 604. The van der Waals surface area contributed by atoms with Gasteiger partial charge in [0.25, 0.3) is 0 Å². The van der Waals surface area contributed by atoms with Gasteiger partial charge in [0.2, 0.25) is 5.75 Å². The predicted molar refractivity (Wildman–Crippen MR) is 113 cm³/mol. The van der Waals surface area contributed by atoms with Gasteiger partial charge in [0.15, 0.2) is 17.5 Å². The van der Waals surface area contributed by atoms with Crippen molar-refractivity contribution in [2.45, 2.75) is 6.54 Å². The Balaban J connectivity index is 0.00000338. The van der Waals surface area contributed by atoms with Crippen LogP contribution in [-0.2, 0) is 11.3 Å². The maximum Gasteiger partial charge on any atom is 0.203 e. The molecule has 1 aliphatic rings. The van der Waals surface area contributed by atoms with Crippen LogP contribution in [0.15, 0.2) is 29.8 Å². The molecule has 1 aromatic rings. The van der Waals surface area contributed by atoms with Crippen molar-refractivity contribution in [1.82, 2.24) is 10.2 Å². The number of aliphatic imine (C=N–C) groups is 1. The molecule has 2 rings (SSSR count). The van der Waals surface area contributed by atoms with Crippen LogP contribution >= 0.6 is 24.0 Å². The molecule has 0 spiro atoms. The summed E-state index contributed by atoms with van der Waals surface area (Å²) in [5, 5.41) is 3.30. The van der Waals surface area contributed by atoms with Gasteiger partial charge in [0, 0.05) is 25.2 Å². The van der Waals surface area contributed by atoms with Gasteiger partial charge >= 0.3 is 0 Å². The highest BCUT2D eigenvalue weighted by molar-refractivity contribution is 14.0. The second-order valence-electron chi connectivity index (χ2n) is 5.40. The molecular formula is C18H28IN3O4. The molecular weight excluding hydrogens is 449 g/mol. The summed E-state index contributed by atoms with van der Waals surface area (Å²) in [5.41, 5.74) is 0.923. The van der Waals surface area contributed by atoms with Crippen molar-refractivity contribution in [1.29, 1.82) is 0 Å². The molecule has 26 heavy (non-hydrogen) atoms. The van der Waals surface area contributed by atoms with Crippen LogP contribution in [0.25, 0.3) is 0 Å². The number of morpholine rings is 1. The Kier molecular flexibility index (Phi) is 10.2. The number of nitrogens with one attached hydrogen (secondary N) is 1.